The lowest BCUT2D eigenvalue weighted by atomic mass is 9.91. The number of rotatable bonds is 5. The Hall–Kier alpha value is -1.32. The lowest BCUT2D eigenvalue weighted by Crippen LogP contribution is -2.26. The number of hydrogen-bond donors (Lipinski definition) is 1. The van der Waals surface area contributed by atoms with Crippen LogP contribution in [-0.2, 0) is 4.74 Å². The Kier molecular flexibility index (Phi) is 4.38. The van der Waals surface area contributed by atoms with Gasteiger partial charge in [0.2, 0.25) is 0 Å². The first-order chi connectivity index (χ1) is 9.86. The second kappa shape index (κ2) is 6.42. The van der Waals surface area contributed by atoms with E-state index >= 15 is 0 Å². The predicted molar refractivity (Wildman–Crippen MR) is 80.8 cm³/mol. The van der Waals surface area contributed by atoms with Gasteiger partial charge in [-0.15, -0.1) is 0 Å². The van der Waals surface area contributed by atoms with Crippen molar-refractivity contribution >= 4 is 11.0 Å². The molecule has 0 radical (unpaired) electrons. The van der Waals surface area contributed by atoms with E-state index in [1.54, 1.807) is 0 Å². The quantitative estimate of drug-likeness (QED) is 0.897. The molecule has 20 heavy (non-hydrogen) atoms. The van der Waals surface area contributed by atoms with Crippen molar-refractivity contribution in [1.82, 2.24) is 5.32 Å². The first-order valence-corrected chi connectivity index (χ1v) is 7.66. The van der Waals surface area contributed by atoms with Crippen LogP contribution in [0.2, 0.25) is 0 Å². The van der Waals surface area contributed by atoms with Crippen LogP contribution in [0.1, 0.15) is 38.0 Å². The van der Waals surface area contributed by atoms with Crippen LogP contribution < -0.4 is 5.32 Å². The van der Waals surface area contributed by atoms with Gasteiger partial charge in [0.05, 0.1) is 6.04 Å². The Morgan fingerprint density at radius 3 is 2.80 bits per heavy atom. The lowest BCUT2D eigenvalue weighted by Gasteiger charge is -2.26. The fourth-order valence-electron chi connectivity index (χ4n) is 3.04. The van der Waals surface area contributed by atoms with E-state index in [4.69, 9.17) is 9.15 Å². The van der Waals surface area contributed by atoms with Crippen molar-refractivity contribution < 1.29 is 9.15 Å². The highest BCUT2D eigenvalue weighted by Crippen LogP contribution is 2.31. The highest BCUT2D eigenvalue weighted by atomic mass is 16.5. The smallest absolute Gasteiger partial charge is 0.134 e. The average Bonchev–Trinajstić information content (AvgIpc) is 2.92. The third kappa shape index (κ3) is 3.05. The monoisotopic (exact) mass is 273 g/mol. The summed E-state index contributed by atoms with van der Waals surface area (Å²) >= 11 is 0. The van der Waals surface area contributed by atoms with Crippen LogP contribution >= 0.6 is 0 Å². The molecule has 3 heteroatoms. The molecule has 3 rings (SSSR count). The largest absolute Gasteiger partial charge is 0.459 e. The zero-order chi connectivity index (χ0) is 13.8. The molecule has 0 bridgehead atoms. The molecule has 1 aromatic carbocycles. The fraction of sp³-hybridized carbons (Fsp3) is 0.529. The van der Waals surface area contributed by atoms with Crippen molar-refractivity contribution in [1.29, 1.82) is 0 Å². The average molecular weight is 273 g/mol. The normalized spacial score (nSPS) is 18.4. The SMILES string of the molecule is CCNC(CC1CCOCC1)c1cc2ccccc2o1. The molecule has 0 amide bonds. The molecule has 1 aliphatic rings. The van der Waals surface area contributed by atoms with E-state index in [1.807, 2.05) is 12.1 Å². The Morgan fingerprint density at radius 1 is 1.25 bits per heavy atom. The van der Waals surface area contributed by atoms with Gasteiger partial charge in [0.15, 0.2) is 0 Å². The Balaban J connectivity index is 1.77. The molecule has 1 fully saturated rings. The van der Waals surface area contributed by atoms with E-state index < -0.39 is 0 Å². The molecular weight excluding hydrogens is 250 g/mol. The molecule has 2 heterocycles. The Labute approximate surface area is 120 Å². The summed E-state index contributed by atoms with van der Waals surface area (Å²) < 4.78 is 11.5. The molecule has 1 aliphatic heterocycles. The highest BCUT2D eigenvalue weighted by Gasteiger charge is 2.22. The molecule has 108 valence electrons. The second-order valence-electron chi connectivity index (χ2n) is 5.59. The van der Waals surface area contributed by atoms with Gasteiger partial charge in [-0.2, -0.15) is 0 Å². The molecule has 0 aliphatic carbocycles. The Morgan fingerprint density at radius 2 is 2.05 bits per heavy atom. The summed E-state index contributed by atoms with van der Waals surface area (Å²) in [7, 11) is 0. The van der Waals surface area contributed by atoms with E-state index in [9.17, 15) is 0 Å². The van der Waals surface area contributed by atoms with Crippen LogP contribution in [-0.4, -0.2) is 19.8 Å². The van der Waals surface area contributed by atoms with Crippen LogP contribution in [0.4, 0.5) is 0 Å². The van der Waals surface area contributed by atoms with Gasteiger partial charge in [0.1, 0.15) is 11.3 Å². The predicted octanol–water partition coefficient (Wildman–Crippen LogP) is 3.90. The number of nitrogens with one attached hydrogen (secondary N) is 1. The van der Waals surface area contributed by atoms with Gasteiger partial charge in [-0.3, -0.25) is 0 Å². The molecule has 1 aromatic heterocycles. The summed E-state index contributed by atoms with van der Waals surface area (Å²) in [5.74, 6) is 1.81. The summed E-state index contributed by atoms with van der Waals surface area (Å²) in [4.78, 5) is 0. The third-order valence-corrected chi connectivity index (χ3v) is 4.15. The van der Waals surface area contributed by atoms with E-state index in [0.29, 0.717) is 6.04 Å². The topological polar surface area (TPSA) is 34.4 Å². The molecule has 3 nitrogen and oxygen atoms in total. The molecule has 0 saturated carbocycles. The van der Waals surface area contributed by atoms with Crippen LogP contribution in [0.25, 0.3) is 11.0 Å². The van der Waals surface area contributed by atoms with Crippen molar-refractivity contribution in [2.24, 2.45) is 5.92 Å². The summed E-state index contributed by atoms with van der Waals surface area (Å²) in [6.07, 6.45) is 3.47. The van der Waals surface area contributed by atoms with Gasteiger partial charge >= 0.3 is 0 Å². The van der Waals surface area contributed by atoms with E-state index in [0.717, 1.165) is 43.4 Å². The summed E-state index contributed by atoms with van der Waals surface area (Å²) in [6, 6.07) is 10.7. The van der Waals surface area contributed by atoms with Crippen molar-refractivity contribution in [2.45, 2.75) is 32.2 Å². The van der Waals surface area contributed by atoms with Crippen LogP contribution in [0.3, 0.4) is 0 Å². The molecule has 1 saturated heterocycles. The minimum atomic E-state index is 0.315. The number of para-hydroxylation sites is 1. The zero-order valence-corrected chi connectivity index (χ0v) is 12.1. The van der Waals surface area contributed by atoms with Crippen LogP contribution in [0.5, 0.6) is 0 Å². The highest BCUT2D eigenvalue weighted by molar-refractivity contribution is 5.77. The number of ether oxygens (including phenoxy) is 1. The lowest BCUT2D eigenvalue weighted by molar-refractivity contribution is 0.0598. The summed E-state index contributed by atoms with van der Waals surface area (Å²) in [6.45, 7) is 4.93. The molecule has 1 atom stereocenters. The molecule has 1 unspecified atom stereocenters. The van der Waals surface area contributed by atoms with Gasteiger partial charge in [-0.25, -0.2) is 0 Å². The third-order valence-electron chi connectivity index (χ3n) is 4.15. The second-order valence-corrected chi connectivity index (χ2v) is 5.59. The number of furan rings is 1. The number of benzene rings is 1. The van der Waals surface area contributed by atoms with Gasteiger partial charge in [-0.1, -0.05) is 25.1 Å². The van der Waals surface area contributed by atoms with Gasteiger partial charge in [-0.05, 0) is 43.9 Å². The van der Waals surface area contributed by atoms with Gasteiger partial charge in [0.25, 0.3) is 0 Å². The maximum Gasteiger partial charge on any atom is 0.134 e. The molecule has 2 aromatic rings. The standard InChI is InChI=1S/C17H23NO2/c1-2-18-15(11-13-7-9-19-10-8-13)17-12-14-5-3-4-6-16(14)20-17/h3-6,12-13,15,18H,2,7-11H2,1H3. The van der Waals surface area contributed by atoms with Crippen LogP contribution in [0.15, 0.2) is 34.7 Å². The van der Waals surface area contributed by atoms with Crippen molar-refractivity contribution in [3.63, 3.8) is 0 Å². The first kappa shape index (κ1) is 13.7. The van der Waals surface area contributed by atoms with Crippen molar-refractivity contribution in [2.75, 3.05) is 19.8 Å². The minimum absolute atomic E-state index is 0.315. The maximum atomic E-state index is 6.03. The number of fused-ring (bicyclic) bond motifs is 1. The fourth-order valence-corrected chi connectivity index (χ4v) is 3.04. The first-order valence-electron chi connectivity index (χ1n) is 7.66. The molecule has 1 N–H and O–H groups in total. The van der Waals surface area contributed by atoms with Crippen LogP contribution in [0, 0.1) is 5.92 Å². The van der Waals surface area contributed by atoms with Crippen molar-refractivity contribution in [3.05, 3.63) is 36.1 Å². The van der Waals surface area contributed by atoms with Gasteiger partial charge in [0, 0.05) is 18.6 Å². The van der Waals surface area contributed by atoms with E-state index in [1.165, 1.54) is 18.2 Å². The van der Waals surface area contributed by atoms with Gasteiger partial charge < -0.3 is 14.5 Å². The summed E-state index contributed by atoms with van der Waals surface area (Å²) in [5.41, 5.74) is 0.984. The maximum absolute atomic E-state index is 6.03. The number of hydrogen-bond acceptors (Lipinski definition) is 3. The minimum Gasteiger partial charge on any atom is -0.459 e. The zero-order valence-electron chi connectivity index (χ0n) is 12.1. The molecular formula is C17H23NO2. The van der Waals surface area contributed by atoms with Crippen molar-refractivity contribution in [3.8, 4) is 0 Å². The van der Waals surface area contributed by atoms with E-state index in [-0.39, 0.29) is 0 Å². The Bertz CT molecular complexity index is 510. The molecule has 0 spiro atoms. The summed E-state index contributed by atoms with van der Waals surface area (Å²) in [5, 5.41) is 4.76. The van der Waals surface area contributed by atoms with E-state index in [2.05, 4.69) is 30.4 Å².